The van der Waals surface area contributed by atoms with E-state index >= 15 is 0 Å². The summed E-state index contributed by atoms with van der Waals surface area (Å²) in [5.74, 6) is 0. The van der Waals surface area contributed by atoms with E-state index < -0.39 is 5.28 Å². The Bertz CT molecular complexity index is 527. The van der Waals surface area contributed by atoms with Crippen molar-refractivity contribution in [2.75, 3.05) is 5.28 Å². The van der Waals surface area contributed by atoms with Crippen molar-refractivity contribution in [2.24, 2.45) is 0 Å². The SMILES string of the molecule is [2H]C([2H])(Br)C(C)=C(c1ccccc1)c1ccccc1. The molecule has 86 valence electrons. The van der Waals surface area contributed by atoms with Gasteiger partial charge in [-0.1, -0.05) is 82.2 Å². The number of halogens is 1. The van der Waals surface area contributed by atoms with E-state index in [1.807, 2.05) is 67.6 Å². The lowest BCUT2D eigenvalue weighted by atomic mass is 9.94. The van der Waals surface area contributed by atoms with Gasteiger partial charge in [0.2, 0.25) is 0 Å². The van der Waals surface area contributed by atoms with Gasteiger partial charge in [-0.05, 0) is 23.6 Å². The lowest BCUT2D eigenvalue weighted by molar-refractivity contribution is 1.39. The second-order valence-corrected chi connectivity index (χ2v) is 4.22. The van der Waals surface area contributed by atoms with E-state index in [2.05, 4.69) is 15.9 Å². The van der Waals surface area contributed by atoms with E-state index in [1.165, 1.54) is 0 Å². The van der Waals surface area contributed by atoms with E-state index in [4.69, 9.17) is 2.74 Å². The molecule has 0 unspecified atom stereocenters. The fourth-order valence-corrected chi connectivity index (χ4v) is 2.05. The molecule has 0 saturated heterocycles. The van der Waals surface area contributed by atoms with E-state index in [9.17, 15) is 0 Å². The van der Waals surface area contributed by atoms with Crippen molar-refractivity contribution in [3.8, 4) is 0 Å². The maximum atomic E-state index is 7.89. The van der Waals surface area contributed by atoms with Gasteiger partial charge in [0.25, 0.3) is 0 Å². The highest BCUT2D eigenvalue weighted by molar-refractivity contribution is 9.09. The fraction of sp³-hybridized carbons (Fsp3) is 0.125. The van der Waals surface area contributed by atoms with Crippen LogP contribution in [-0.4, -0.2) is 5.28 Å². The van der Waals surface area contributed by atoms with E-state index in [-0.39, 0.29) is 0 Å². The summed E-state index contributed by atoms with van der Waals surface area (Å²) in [6, 6.07) is 19.8. The smallest absolute Gasteiger partial charge is 0.0434 e. The molecule has 2 aromatic rings. The van der Waals surface area contributed by atoms with E-state index in [0.717, 1.165) is 16.7 Å². The summed E-state index contributed by atoms with van der Waals surface area (Å²) < 4.78 is 15.8. The second-order valence-electron chi connectivity index (χ2n) is 3.83. The zero-order chi connectivity index (χ0) is 13.9. The van der Waals surface area contributed by atoms with Crippen LogP contribution in [-0.2, 0) is 0 Å². The number of benzene rings is 2. The third kappa shape index (κ3) is 2.86. The summed E-state index contributed by atoms with van der Waals surface area (Å²) in [5.41, 5.74) is 3.65. The van der Waals surface area contributed by atoms with Crippen molar-refractivity contribution >= 4 is 21.5 Å². The molecule has 2 aromatic carbocycles. The van der Waals surface area contributed by atoms with Gasteiger partial charge in [0, 0.05) is 8.02 Å². The molecule has 0 spiro atoms. The van der Waals surface area contributed by atoms with Gasteiger partial charge >= 0.3 is 0 Å². The van der Waals surface area contributed by atoms with Crippen molar-refractivity contribution in [1.29, 1.82) is 0 Å². The molecule has 0 N–H and O–H groups in total. The van der Waals surface area contributed by atoms with Gasteiger partial charge in [0.15, 0.2) is 0 Å². The van der Waals surface area contributed by atoms with Crippen LogP contribution in [0.25, 0.3) is 5.57 Å². The van der Waals surface area contributed by atoms with Gasteiger partial charge in [0.1, 0.15) is 0 Å². The normalized spacial score (nSPS) is 12.6. The molecule has 0 saturated carbocycles. The standard InChI is InChI=1S/C16H15Br/c1-13(12-17)16(14-8-4-2-5-9-14)15-10-6-3-7-11-15/h2-11H,12H2,1H3/i12D2. The Hall–Kier alpha value is -1.34. The Kier molecular flexibility index (Phi) is 3.32. The predicted molar refractivity (Wildman–Crippen MR) is 78.4 cm³/mol. The molecule has 0 bridgehead atoms. The number of hydrogen-bond acceptors (Lipinski definition) is 0. The summed E-state index contributed by atoms with van der Waals surface area (Å²) in [7, 11) is 0. The Labute approximate surface area is 114 Å². The Morgan fingerprint density at radius 3 is 1.71 bits per heavy atom. The first-order chi connectivity index (χ1) is 9.00. The first-order valence-electron chi connectivity index (χ1n) is 6.51. The van der Waals surface area contributed by atoms with Crippen LogP contribution in [0.4, 0.5) is 0 Å². The van der Waals surface area contributed by atoms with Gasteiger partial charge in [-0.2, -0.15) is 0 Å². The number of rotatable bonds is 3. The van der Waals surface area contributed by atoms with Gasteiger partial charge in [0.05, 0.1) is 0 Å². The van der Waals surface area contributed by atoms with Crippen LogP contribution in [0.15, 0.2) is 66.2 Å². The Morgan fingerprint density at radius 1 is 0.941 bits per heavy atom. The summed E-state index contributed by atoms with van der Waals surface area (Å²) in [6.45, 7) is 1.82. The van der Waals surface area contributed by atoms with Crippen molar-refractivity contribution in [3.05, 3.63) is 77.4 Å². The molecular formula is C16H15Br. The average Bonchev–Trinajstić information content (AvgIpc) is 2.40. The maximum Gasteiger partial charge on any atom is 0.0434 e. The highest BCUT2D eigenvalue weighted by Gasteiger charge is 2.07. The van der Waals surface area contributed by atoms with Crippen LogP contribution in [0.3, 0.4) is 0 Å². The minimum absolute atomic E-state index is 0.671. The van der Waals surface area contributed by atoms with Gasteiger partial charge in [-0.25, -0.2) is 0 Å². The monoisotopic (exact) mass is 288 g/mol. The average molecular weight is 289 g/mol. The molecule has 0 amide bonds. The summed E-state index contributed by atoms with van der Waals surface area (Å²) >= 11 is 3.11. The maximum absolute atomic E-state index is 7.89. The highest BCUT2D eigenvalue weighted by atomic mass is 79.9. The third-order valence-electron chi connectivity index (χ3n) is 2.64. The molecule has 0 fully saturated rings. The summed E-state index contributed by atoms with van der Waals surface area (Å²) in [5, 5.41) is -1.52. The van der Waals surface area contributed by atoms with Gasteiger partial charge < -0.3 is 0 Å². The Balaban J connectivity index is 2.66. The largest absolute Gasteiger partial charge is 0.0880 e. The minimum Gasteiger partial charge on any atom is -0.0880 e. The quantitative estimate of drug-likeness (QED) is 0.705. The highest BCUT2D eigenvalue weighted by Crippen LogP contribution is 2.27. The first kappa shape index (κ1) is 9.67. The van der Waals surface area contributed by atoms with Crippen LogP contribution in [0.2, 0.25) is 0 Å². The Morgan fingerprint density at radius 2 is 1.35 bits per heavy atom. The zero-order valence-corrected chi connectivity index (χ0v) is 11.2. The molecule has 0 heterocycles. The van der Waals surface area contributed by atoms with Crippen LogP contribution in [0, 0.1) is 0 Å². The third-order valence-corrected chi connectivity index (χ3v) is 3.24. The second kappa shape index (κ2) is 5.83. The molecule has 1 heteroatoms. The van der Waals surface area contributed by atoms with Crippen molar-refractivity contribution in [1.82, 2.24) is 0 Å². The fourth-order valence-electron chi connectivity index (χ4n) is 1.86. The van der Waals surface area contributed by atoms with Gasteiger partial charge in [-0.3, -0.25) is 0 Å². The number of allylic oxidation sites excluding steroid dienone is 1. The molecule has 17 heavy (non-hydrogen) atoms. The molecule has 0 atom stereocenters. The molecule has 0 radical (unpaired) electrons. The molecular weight excluding hydrogens is 272 g/mol. The zero-order valence-electron chi connectivity index (χ0n) is 11.7. The number of alkyl halides is 1. The van der Waals surface area contributed by atoms with Crippen LogP contribution < -0.4 is 0 Å². The summed E-state index contributed by atoms with van der Waals surface area (Å²) in [6.07, 6.45) is 0. The topological polar surface area (TPSA) is 0 Å². The lowest BCUT2D eigenvalue weighted by Gasteiger charge is -2.11. The van der Waals surface area contributed by atoms with Gasteiger partial charge in [-0.15, -0.1) is 0 Å². The minimum atomic E-state index is -1.52. The predicted octanol–water partition coefficient (Wildman–Crippen LogP) is 4.90. The van der Waals surface area contributed by atoms with Crippen molar-refractivity contribution in [2.45, 2.75) is 6.92 Å². The van der Waals surface area contributed by atoms with Crippen LogP contribution in [0.1, 0.15) is 20.8 Å². The van der Waals surface area contributed by atoms with E-state index in [1.54, 1.807) is 0 Å². The van der Waals surface area contributed by atoms with Crippen LogP contribution >= 0.6 is 15.9 Å². The molecule has 2 rings (SSSR count). The van der Waals surface area contributed by atoms with Crippen molar-refractivity contribution < 1.29 is 2.74 Å². The molecule has 0 aromatic heterocycles. The van der Waals surface area contributed by atoms with E-state index in [0.29, 0.717) is 5.57 Å². The lowest BCUT2D eigenvalue weighted by Crippen LogP contribution is -1.92. The molecule has 0 aliphatic carbocycles. The van der Waals surface area contributed by atoms with Crippen molar-refractivity contribution in [3.63, 3.8) is 0 Å². The van der Waals surface area contributed by atoms with Crippen LogP contribution in [0.5, 0.6) is 0 Å². The molecule has 0 aliphatic heterocycles. The first-order valence-corrected chi connectivity index (χ1v) is 6.30. The molecule has 0 nitrogen and oxygen atoms in total. The summed E-state index contributed by atoms with van der Waals surface area (Å²) in [4.78, 5) is 0. The number of hydrogen-bond donors (Lipinski definition) is 0. The molecule has 0 aliphatic rings.